The molecule has 0 fully saturated rings. The van der Waals surface area contributed by atoms with Gasteiger partial charge in [-0.2, -0.15) is 11.8 Å². The van der Waals surface area contributed by atoms with Crippen LogP contribution in [0, 0.1) is 0 Å². The summed E-state index contributed by atoms with van der Waals surface area (Å²) in [7, 11) is 4.58. The van der Waals surface area contributed by atoms with Crippen molar-refractivity contribution in [2.45, 2.75) is 50.7 Å². The van der Waals surface area contributed by atoms with Crippen molar-refractivity contribution in [1.82, 2.24) is 10.6 Å². The molecule has 3 aromatic rings. The highest BCUT2D eigenvalue weighted by atomic mass is 32.2. The molecule has 0 radical (unpaired) electrons. The van der Waals surface area contributed by atoms with Crippen LogP contribution in [0.2, 0.25) is 0 Å². The molecule has 3 aromatic carbocycles. The number of carbonyl (C=O) groups excluding carboxylic acids is 2. The quantitative estimate of drug-likeness (QED) is 0.197. The van der Waals surface area contributed by atoms with Crippen molar-refractivity contribution in [1.29, 1.82) is 0 Å². The highest BCUT2D eigenvalue weighted by molar-refractivity contribution is 7.98. The van der Waals surface area contributed by atoms with Crippen LogP contribution in [0.5, 0.6) is 17.2 Å². The Morgan fingerprint density at radius 3 is 2.32 bits per heavy atom. The van der Waals surface area contributed by atoms with Crippen LogP contribution >= 0.6 is 11.8 Å². The summed E-state index contributed by atoms with van der Waals surface area (Å²) in [4.78, 5) is 51.8. The molecule has 11 nitrogen and oxygen atoms in total. The minimum atomic E-state index is -1.16. The average Bonchev–Trinajstić information content (AvgIpc) is 3.30. The topological polar surface area (TPSA) is 152 Å². The molecular formula is C35H41N3O8S. The lowest BCUT2D eigenvalue weighted by Gasteiger charge is -2.22. The van der Waals surface area contributed by atoms with Gasteiger partial charge in [0.15, 0.2) is 11.5 Å². The maximum Gasteiger partial charge on any atom is 0.326 e. The van der Waals surface area contributed by atoms with Gasteiger partial charge in [-0.25, -0.2) is 4.79 Å². The van der Waals surface area contributed by atoms with E-state index in [4.69, 9.17) is 14.2 Å². The van der Waals surface area contributed by atoms with Gasteiger partial charge in [0.2, 0.25) is 23.0 Å². The second kappa shape index (κ2) is 16.2. The summed E-state index contributed by atoms with van der Waals surface area (Å²) in [6, 6.07) is 13.2. The van der Waals surface area contributed by atoms with Crippen LogP contribution in [0.15, 0.2) is 59.4 Å². The SMILES string of the molecule is COc1cc2c(c(OC)c1OC)-c1ccc(NC(CCSC)C(=O)NC(Cc3ccccc3)C(=O)O)c(=O)cc1C(NC(C)=O)CC2. The van der Waals surface area contributed by atoms with Crippen LogP contribution in [0.1, 0.15) is 42.5 Å². The number of anilines is 1. The summed E-state index contributed by atoms with van der Waals surface area (Å²) >= 11 is 1.53. The van der Waals surface area contributed by atoms with Crippen LogP contribution in [-0.4, -0.2) is 68.3 Å². The van der Waals surface area contributed by atoms with Crippen molar-refractivity contribution >= 4 is 35.2 Å². The molecule has 47 heavy (non-hydrogen) atoms. The zero-order valence-electron chi connectivity index (χ0n) is 27.2. The van der Waals surface area contributed by atoms with Crippen LogP contribution in [0.25, 0.3) is 11.1 Å². The number of hydrogen-bond donors (Lipinski definition) is 4. The van der Waals surface area contributed by atoms with Crippen LogP contribution in [0.3, 0.4) is 0 Å². The first kappa shape index (κ1) is 35.1. The number of carboxylic acid groups (broad SMARTS) is 1. The molecule has 3 atom stereocenters. The van der Waals surface area contributed by atoms with E-state index in [9.17, 15) is 24.3 Å². The smallest absolute Gasteiger partial charge is 0.326 e. The summed E-state index contributed by atoms with van der Waals surface area (Å²) in [5, 5.41) is 18.6. The lowest BCUT2D eigenvalue weighted by Crippen LogP contribution is -2.49. The van der Waals surface area contributed by atoms with E-state index in [-0.39, 0.29) is 18.0 Å². The van der Waals surface area contributed by atoms with E-state index in [0.29, 0.717) is 59.0 Å². The van der Waals surface area contributed by atoms with E-state index < -0.39 is 35.4 Å². The van der Waals surface area contributed by atoms with Gasteiger partial charge >= 0.3 is 5.97 Å². The molecule has 0 spiro atoms. The lowest BCUT2D eigenvalue weighted by molar-refractivity contribution is -0.141. The Morgan fingerprint density at radius 2 is 1.70 bits per heavy atom. The standard InChI is InChI=1S/C35H41N3O8S/c1-20(39)36-25-13-11-22-18-30(44-2)32(45-3)33(46-4)31(22)23-12-14-26(29(40)19-24(23)25)37-27(15-16-47-5)34(41)38-28(35(42)43)17-21-9-7-6-8-10-21/h6-10,12,14,18-19,25,27-28H,11,13,15-17H2,1-5H3,(H,36,39)(H,37,40)(H,38,41)(H,42,43). The summed E-state index contributed by atoms with van der Waals surface area (Å²) in [6.45, 7) is 1.43. The Bertz CT molecular complexity index is 1670. The van der Waals surface area contributed by atoms with Gasteiger partial charge in [-0.05, 0) is 71.7 Å². The summed E-state index contributed by atoms with van der Waals surface area (Å²) in [5.41, 5.74) is 3.35. The van der Waals surface area contributed by atoms with Gasteiger partial charge in [0.05, 0.1) is 33.1 Å². The second-order valence-electron chi connectivity index (χ2n) is 11.2. The minimum absolute atomic E-state index is 0.108. The van der Waals surface area contributed by atoms with E-state index >= 15 is 0 Å². The largest absolute Gasteiger partial charge is 0.493 e. The highest BCUT2D eigenvalue weighted by Gasteiger charge is 2.30. The molecule has 0 bridgehead atoms. The number of methoxy groups -OCH3 is 3. The zero-order chi connectivity index (χ0) is 34.1. The second-order valence-corrected chi connectivity index (χ2v) is 12.1. The predicted molar refractivity (Wildman–Crippen MR) is 183 cm³/mol. The van der Waals surface area contributed by atoms with Gasteiger partial charge < -0.3 is 35.3 Å². The van der Waals surface area contributed by atoms with Gasteiger partial charge in [0.1, 0.15) is 12.1 Å². The molecule has 2 amide bonds. The number of benzene rings is 2. The number of aryl methyl sites for hydroxylation is 1. The van der Waals surface area contributed by atoms with Crippen LogP contribution < -0.4 is 35.6 Å². The van der Waals surface area contributed by atoms with Crippen molar-refractivity contribution in [3.8, 4) is 28.4 Å². The zero-order valence-corrected chi connectivity index (χ0v) is 28.0. The number of carbonyl (C=O) groups is 3. The van der Waals surface area contributed by atoms with Crippen molar-refractivity contribution < 1.29 is 33.7 Å². The van der Waals surface area contributed by atoms with Crippen molar-refractivity contribution in [2.24, 2.45) is 0 Å². The van der Waals surface area contributed by atoms with Crippen molar-refractivity contribution in [2.75, 3.05) is 38.7 Å². The van der Waals surface area contributed by atoms with E-state index in [2.05, 4.69) is 16.0 Å². The summed E-state index contributed by atoms with van der Waals surface area (Å²) in [6.07, 6.45) is 3.40. The average molecular weight is 664 g/mol. The van der Waals surface area contributed by atoms with E-state index in [1.165, 1.54) is 39.0 Å². The number of nitrogens with one attached hydrogen (secondary N) is 3. The third-order valence-corrected chi connectivity index (χ3v) is 8.71. The first-order valence-corrected chi connectivity index (χ1v) is 16.6. The third kappa shape index (κ3) is 8.37. The number of aliphatic carboxylic acids is 1. The number of rotatable bonds is 14. The fourth-order valence-electron chi connectivity index (χ4n) is 5.84. The third-order valence-electron chi connectivity index (χ3n) is 8.07. The molecule has 0 aliphatic heterocycles. The van der Waals surface area contributed by atoms with E-state index in [0.717, 1.165) is 11.1 Å². The van der Waals surface area contributed by atoms with Gasteiger partial charge in [-0.15, -0.1) is 0 Å². The first-order valence-electron chi connectivity index (χ1n) is 15.2. The van der Waals surface area contributed by atoms with Crippen LogP contribution in [0.4, 0.5) is 5.69 Å². The lowest BCUT2D eigenvalue weighted by atomic mass is 9.95. The molecular weight excluding hydrogens is 622 g/mol. The number of amides is 2. The Kier molecular flexibility index (Phi) is 12.1. The maximum atomic E-state index is 13.8. The molecule has 0 aromatic heterocycles. The molecule has 1 aliphatic carbocycles. The number of hydrogen-bond acceptors (Lipinski definition) is 9. The van der Waals surface area contributed by atoms with Gasteiger partial charge in [-0.3, -0.25) is 14.4 Å². The molecule has 0 saturated carbocycles. The molecule has 4 rings (SSSR count). The van der Waals surface area contributed by atoms with Gasteiger partial charge in [0.25, 0.3) is 0 Å². The Balaban J connectivity index is 1.78. The Hall–Kier alpha value is -4.71. The predicted octanol–water partition coefficient (Wildman–Crippen LogP) is 4.21. The molecule has 12 heteroatoms. The Morgan fingerprint density at radius 1 is 0.979 bits per heavy atom. The van der Waals surface area contributed by atoms with Crippen LogP contribution in [-0.2, 0) is 27.2 Å². The fourth-order valence-corrected chi connectivity index (χ4v) is 6.31. The number of thioether (sulfide) groups is 1. The summed E-state index contributed by atoms with van der Waals surface area (Å²) < 4.78 is 17.1. The van der Waals surface area contributed by atoms with Gasteiger partial charge in [-0.1, -0.05) is 36.4 Å². The number of fused-ring (bicyclic) bond motifs is 3. The Labute approximate surface area is 278 Å². The summed E-state index contributed by atoms with van der Waals surface area (Å²) in [5.74, 6) is -0.0453. The van der Waals surface area contributed by atoms with Crippen molar-refractivity contribution in [3.63, 3.8) is 0 Å². The normalized spacial score (nSPS) is 14.7. The molecule has 250 valence electrons. The minimum Gasteiger partial charge on any atom is -0.493 e. The van der Waals surface area contributed by atoms with Crippen molar-refractivity contribution in [3.05, 3.63) is 81.5 Å². The molecule has 3 unspecified atom stereocenters. The van der Waals surface area contributed by atoms with E-state index in [1.54, 1.807) is 31.4 Å². The first-order chi connectivity index (χ1) is 22.6. The number of ether oxygens (including phenoxy) is 3. The molecule has 1 aliphatic rings. The number of carboxylic acids is 1. The molecule has 0 heterocycles. The fraction of sp³-hybridized carbons (Fsp3) is 0.371. The highest BCUT2D eigenvalue weighted by Crippen LogP contribution is 2.50. The molecule has 4 N–H and O–H groups in total. The maximum absolute atomic E-state index is 13.8. The monoisotopic (exact) mass is 663 g/mol. The van der Waals surface area contributed by atoms with Gasteiger partial charge in [0, 0.05) is 18.9 Å². The molecule has 0 saturated heterocycles. The van der Waals surface area contributed by atoms with E-state index in [1.807, 2.05) is 30.5 Å².